The zero-order chi connectivity index (χ0) is 13.9. The third-order valence-corrected chi connectivity index (χ3v) is 3.47. The fourth-order valence-electron chi connectivity index (χ4n) is 2.32. The summed E-state index contributed by atoms with van der Waals surface area (Å²) < 4.78 is 2.09. The molecule has 1 aromatic heterocycles. The van der Waals surface area contributed by atoms with E-state index in [0.717, 1.165) is 22.4 Å². The summed E-state index contributed by atoms with van der Waals surface area (Å²) in [6.45, 7) is 1.29. The smallest absolute Gasteiger partial charge is 0.123 e. The van der Waals surface area contributed by atoms with E-state index in [0.29, 0.717) is 18.8 Å². The molecular formula is C16H17N3O. The van der Waals surface area contributed by atoms with Crippen LogP contribution in [0.3, 0.4) is 0 Å². The quantitative estimate of drug-likeness (QED) is 0.764. The van der Waals surface area contributed by atoms with Crippen molar-refractivity contribution in [1.29, 1.82) is 0 Å². The monoisotopic (exact) mass is 267 g/mol. The van der Waals surface area contributed by atoms with Gasteiger partial charge in [0.25, 0.3) is 0 Å². The SMILES string of the molecule is Cn1c(CNCc2ccccc2O)nc2ccccc21. The minimum absolute atomic E-state index is 0.324. The first-order chi connectivity index (χ1) is 9.75. The molecule has 0 bridgehead atoms. The number of phenols is 1. The van der Waals surface area contributed by atoms with Crippen molar-refractivity contribution < 1.29 is 5.11 Å². The van der Waals surface area contributed by atoms with Gasteiger partial charge in [0.1, 0.15) is 11.6 Å². The lowest BCUT2D eigenvalue weighted by Crippen LogP contribution is -2.15. The van der Waals surface area contributed by atoms with Gasteiger partial charge in [-0.2, -0.15) is 0 Å². The largest absolute Gasteiger partial charge is 0.508 e. The Morgan fingerprint density at radius 3 is 2.60 bits per heavy atom. The van der Waals surface area contributed by atoms with Crippen LogP contribution in [-0.4, -0.2) is 14.7 Å². The van der Waals surface area contributed by atoms with Crippen molar-refractivity contribution in [1.82, 2.24) is 14.9 Å². The number of fused-ring (bicyclic) bond motifs is 1. The third-order valence-electron chi connectivity index (χ3n) is 3.47. The molecule has 4 nitrogen and oxygen atoms in total. The Balaban J connectivity index is 1.71. The summed E-state index contributed by atoms with van der Waals surface area (Å²) in [7, 11) is 2.02. The van der Waals surface area contributed by atoms with Gasteiger partial charge in [0.15, 0.2) is 0 Å². The number of benzene rings is 2. The first-order valence-corrected chi connectivity index (χ1v) is 6.63. The average Bonchev–Trinajstić information content (AvgIpc) is 2.78. The van der Waals surface area contributed by atoms with Crippen LogP contribution in [0.5, 0.6) is 5.75 Å². The first-order valence-electron chi connectivity index (χ1n) is 6.63. The maximum atomic E-state index is 9.72. The molecule has 0 unspecified atom stereocenters. The Bertz CT molecular complexity index is 733. The Morgan fingerprint density at radius 1 is 1.05 bits per heavy atom. The lowest BCUT2D eigenvalue weighted by atomic mass is 10.2. The van der Waals surface area contributed by atoms with E-state index in [2.05, 4.69) is 20.9 Å². The minimum Gasteiger partial charge on any atom is -0.508 e. The Kier molecular flexibility index (Phi) is 3.39. The molecule has 0 spiro atoms. The number of imidazole rings is 1. The molecule has 3 rings (SSSR count). The van der Waals surface area contributed by atoms with Gasteiger partial charge >= 0.3 is 0 Å². The van der Waals surface area contributed by atoms with Crippen molar-refractivity contribution in [3.63, 3.8) is 0 Å². The molecule has 3 aromatic rings. The molecule has 0 aliphatic rings. The molecule has 0 aliphatic carbocycles. The second kappa shape index (κ2) is 5.35. The summed E-state index contributed by atoms with van der Waals surface area (Å²) in [4.78, 5) is 4.60. The molecule has 0 atom stereocenters. The van der Waals surface area contributed by atoms with E-state index in [1.165, 1.54) is 0 Å². The number of nitrogens with one attached hydrogen (secondary N) is 1. The predicted molar refractivity (Wildman–Crippen MR) is 79.4 cm³/mol. The van der Waals surface area contributed by atoms with E-state index in [4.69, 9.17) is 0 Å². The molecule has 0 amide bonds. The predicted octanol–water partition coefficient (Wildman–Crippen LogP) is 2.57. The van der Waals surface area contributed by atoms with Gasteiger partial charge in [-0.25, -0.2) is 4.98 Å². The number of para-hydroxylation sites is 3. The Morgan fingerprint density at radius 2 is 1.80 bits per heavy atom. The van der Waals surface area contributed by atoms with Gasteiger partial charge in [0.2, 0.25) is 0 Å². The van der Waals surface area contributed by atoms with Crippen LogP contribution in [0.15, 0.2) is 48.5 Å². The molecule has 20 heavy (non-hydrogen) atoms. The molecule has 0 saturated carbocycles. The minimum atomic E-state index is 0.324. The fraction of sp³-hybridized carbons (Fsp3) is 0.188. The molecule has 4 heteroatoms. The summed E-state index contributed by atoms with van der Waals surface area (Å²) in [5, 5.41) is 13.0. The number of nitrogens with zero attached hydrogens (tertiary/aromatic N) is 2. The third kappa shape index (κ3) is 2.38. The molecule has 0 aliphatic heterocycles. The van der Waals surface area contributed by atoms with Crippen LogP contribution >= 0.6 is 0 Å². The average molecular weight is 267 g/mol. The van der Waals surface area contributed by atoms with Crippen molar-refractivity contribution in [3.8, 4) is 5.75 Å². The van der Waals surface area contributed by atoms with Crippen molar-refractivity contribution in [2.75, 3.05) is 0 Å². The number of rotatable bonds is 4. The molecular weight excluding hydrogens is 250 g/mol. The molecule has 0 saturated heterocycles. The Hall–Kier alpha value is -2.33. The summed E-state index contributed by atoms with van der Waals surface area (Å²) in [5.41, 5.74) is 3.03. The van der Waals surface area contributed by atoms with Crippen LogP contribution in [0.4, 0.5) is 0 Å². The van der Waals surface area contributed by atoms with Crippen LogP contribution < -0.4 is 5.32 Å². The fourth-order valence-corrected chi connectivity index (χ4v) is 2.32. The van der Waals surface area contributed by atoms with E-state index < -0.39 is 0 Å². The van der Waals surface area contributed by atoms with Gasteiger partial charge in [0.05, 0.1) is 17.6 Å². The highest BCUT2D eigenvalue weighted by Gasteiger charge is 2.06. The van der Waals surface area contributed by atoms with Gasteiger partial charge in [0, 0.05) is 19.2 Å². The van der Waals surface area contributed by atoms with Crippen LogP contribution in [0.25, 0.3) is 11.0 Å². The zero-order valence-corrected chi connectivity index (χ0v) is 11.4. The first kappa shape index (κ1) is 12.7. The summed E-state index contributed by atoms with van der Waals surface area (Å²) in [5.74, 6) is 1.31. The second-order valence-electron chi connectivity index (χ2n) is 4.81. The maximum Gasteiger partial charge on any atom is 0.123 e. The summed E-state index contributed by atoms with van der Waals surface area (Å²) >= 11 is 0. The number of aryl methyl sites for hydroxylation is 1. The van der Waals surface area contributed by atoms with E-state index >= 15 is 0 Å². The van der Waals surface area contributed by atoms with Crippen molar-refractivity contribution in [2.45, 2.75) is 13.1 Å². The zero-order valence-electron chi connectivity index (χ0n) is 11.4. The van der Waals surface area contributed by atoms with Crippen molar-refractivity contribution in [3.05, 3.63) is 59.9 Å². The van der Waals surface area contributed by atoms with Crippen LogP contribution in [0, 0.1) is 0 Å². The topological polar surface area (TPSA) is 50.1 Å². The molecule has 0 fully saturated rings. The van der Waals surface area contributed by atoms with Crippen molar-refractivity contribution >= 4 is 11.0 Å². The number of aromatic hydroxyl groups is 1. The molecule has 2 aromatic carbocycles. The number of phenolic OH excluding ortho intramolecular Hbond substituents is 1. The Labute approximate surface area is 117 Å². The second-order valence-corrected chi connectivity index (χ2v) is 4.81. The van der Waals surface area contributed by atoms with E-state index in [1.54, 1.807) is 6.07 Å². The van der Waals surface area contributed by atoms with Gasteiger partial charge in [-0.3, -0.25) is 0 Å². The van der Waals surface area contributed by atoms with Crippen LogP contribution in [0.2, 0.25) is 0 Å². The van der Waals surface area contributed by atoms with Gasteiger partial charge in [-0.15, -0.1) is 0 Å². The van der Waals surface area contributed by atoms with E-state index in [-0.39, 0.29) is 0 Å². The number of hydrogen-bond acceptors (Lipinski definition) is 3. The normalized spacial score (nSPS) is 11.1. The number of aromatic nitrogens is 2. The van der Waals surface area contributed by atoms with Gasteiger partial charge in [-0.05, 0) is 18.2 Å². The number of hydrogen-bond donors (Lipinski definition) is 2. The highest BCUT2D eigenvalue weighted by Crippen LogP contribution is 2.16. The lowest BCUT2D eigenvalue weighted by Gasteiger charge is -2.07. The highest BCUT2D eigenvalue weighted by molar-refractivity contribution is 5.75. The lowest BCUT2D eigenvalue weighted by molar-refractivity contribution is 0.464. The van der Waals surface area contributed by atoms with Gasteiger partial charge < -0.3 is 15.0 Å². The highest BCUT2D eigenvalue weighted by atomic mass is 16.3. The molecule has 0 radical (unpaired) electrons. The van der Waals surface area contributed by atoms with Crippen LogP contribution in [0.1, 0.15) is 11.4 Å². The summed E-state index contributed by atoms with van der Waals surface area (Å²) in [6.07, 6.45) is 0. The molecule has 102 valence electrons. The maximum absolute atomic E-state index is 9.72. The van der Waals surface area contributed by atoms with E-state index in [1.807, 2.05) is 43.4 Å². The summed E-state index contributed by atoms with van der Waals surface area (Å²) in [6, 6.07) is 15.5. The molecule has 2 N–H and O–H groups in total. The van der Waals surface area contributed by atoms with Crippen molar-refractivity contribution in [2.24, 2.45) is 7.05 Å². The standard InChI is InChI=1S/C16H17N3O/c1-19-14-8-4-3-7-13(14)18-16(19)11-17-10-12-6-2-5-9-15(12)20/h2-9,17,20H,10-11H2,1H3. The molecule has 1 heterocycles. The van der Waals surface area contributed by atoms with E-state index in [9.17, 15) is 5.11 Å². The van der Waals surface area contributed by atoms with Crippen LogP contribution in [-0.2, 0) is 20.1 Å². The van der Waals surface area contributed by atoms with Gasteiger partial charge in [-0.1, -0.05) is 30.3 Å².